The van der Waals surface area contributed by atoms with Gasteiger partial charge in [-0.05, 0) is 24.6 Å². The molecule has 3 unspecified atom stereocenters. The molecule has 23 heavy (non-hydrogen) atoms. The highest BCUT2D eigenvalue weighted by molar-refractivity contribution is 5.15. The van der Waals surface area contributed by atoms with Crippen LogP contribution in [0.3, 0.4) is 0 Å². The molecule has 3 nitrogen and oxygen atoms in total. The minimum Gasteiger partial charge on any atom is -0.466 e. The van der Waals surface area contributed by atoms with E-state index in [-0.39, 0.29) is 5.60 Å². The Labute approximate surface area is 139 Å². The minimum absolute atomic E-state index is 0.242. The summed E-state index contributed by atoms with van der Waals surface area (Å²) in [5.74, 6) is 1.45. The van der Waals surface area contributed by atoms with Gasteiger partial charge in [0, 0.05) is 25.4 Å². The maximum atomic E-state index is 6.23. The Morgan fingerprint density at radius 3 is 2.70 bits per heavy atom. The van der Waals surface area contributed by atoms with Crippen molar-refractivity contribution in [2.75, 3.05) is 26.2 Å². The molecule has 3 heteroatoms. The summed E-state index contributed by atoms with van der Waals surface area (Å²) in [6.07, 6.45) is 3.93. The third-order valence-electron chi connectivity index (χ3n) is 5.19. The zero-order valence-electron chi connectivity index (χ0n) is 14.3. The van der Waals surface area contributed by atoms with Crippen LogP contribution in [0, 0.1) is 5.92 Å². The van der Waals surface area contributed by atoms with Gasteiger partial charge in [-0.25, -0.2) is 0 Å². The molecule has 1 aliphatic heterocycles. The number of quaternary nitrogens is 1. The van der Waals surface area contributed by atoms with E-state index in [2.05, 4.69) is 50.2 Å². The summed E-state index contributed by atoms with van der Waals surface area (Å²) in [5.41, 5.74) is 1.19. The van der Waals surface area contributed by atoms with Crippen molar-refractivity contribution in [3.63, 3.8) is 0 Å². The zero-order chi connectivity index (χ0) is 16.1. The first-order valence-corrected chi connectivity index (χ1v) is 8.80. The molecule has 3 rings (SSSR count). The molecule has 1 N–H and O–H groups in total. The number of ether oxygens (including phenoxy) is 1. The average Bonchev–Trinajstić information content (AvgIpc) is 3.11. The molecular formula is C20H28NO2+. The highest BCUT2D eigenvalue weighted by Gasteiger charge is 2.47. The maximum Gasteiger partial charge on any atom is 0.139 e. The molecule has 3 atom stereocenters. The fourth-order valence-corrected chi connectivity index (χ4v) is 3.93. The third-order valence-corrected chi connectivity index (χ3v) is 5.19. The highest BCUT2D eigenvalue weighted by atomic mass is 16.5. The Hall–Kier alpha value is -1.58. The van der Waals surface area contributed by atoms with Gasteiger partial charge in [-0.15, -0.1) is 0 Å². The number of nitrogens with one attached hydrogen (secondary N) is 1. The van der Waals surface area contributed by atoms with Gasteiger partial charge in [-0.1, -0.05) is 37.3 Å². The third kappa shape index (κ3) is 3.51. The van der Waals surface area contributed by atoms with E-state index in [1.54, 1.807) is 11.2 Å². The monoisotopic (exact) mass is 314 g/mol. The van der Waals surface area contributed by atoms with E-state index >= 15 is 0 Å². The molecule has 2 aromatic rings. The molecule has 1 aromatic carbocycles. The standard InChI is InChI=1S/C20H27NO2/c1-3-23-20(19-10-7-15-22-19)12-14-21(16-17(20)2)13-11-18-8-5-4-6-9-18/h4-10,15,17H,3,11-14,16H2,1-2H3/p+1. The lowest BCUT2D eigenvalue weighted by Crippen LogP contribution is -3.14. The van der Waals surface area contributed by atoms with Gasteiger partial charge in [0.1, 0.15) is 11.4 Å². The Morgan fingerprint density at radius 2 is 2.04 bits per heavy atom. The van der Waals surface area contributed by atoms with Crippen molar-refractivity contribution in [1.29, 1.82) is 0 Å². The van der Waals surface area contributed by atoms with E-state index in [9.17, 15) is 0 Å². The van der Waals surface area contributed by atoms with Crippen LogP contribution in [0.5, 0.6) is 0 Å². The topological polar surface area (TPSA) is 26.8 Å². The fraction of sp³-hybridized carbons (Fsp3) is 0.500. The second-order valence-electron chi connectivity index (χ2n) is 6.64. The number of piperidine rings is 1. The van der Waals surface area contributed by atoms with Gasteiger partial charge in [0.05, 0.1) is 25.9 Å². The lowest BCUT2D eigenvalue weighted by molar-refractivity contribution is -0.912. The summed E-state index contributed by atoms with van der Waals surface area (Å²) in [6.45, 7) is 8.57. The van der Waals surface area contributed by atoms with Crippen LogP contribution in [-0.4, -0.2) is 26.2 Å². The fourth-order valence-electron chi connectivity index (χ4n) is 3.93. The summed E-state index contributed by atoms with van der Waals surface area (Å²) in [4.78, 5) is 1.67. The lowest BCUT2D eigenvalue weighted by atomic mass is 9.79. The number of benzene rings is 1. The summed E-state index contributed by atoms with van der Waals surface area (Å²) in [7, 11) is 0. The predicted molar refractivity (Wildman–Crippen MR) is 91.5 cm³/mol. The summed E-state index contributed by atoms with van der Waals surface area (Å²) >= 11 is 0. The Bertz CT molecular complexity index is 581. The second kappa shape index (κ2) is 7.33. The quantitative estimate of drug-likeness (QED) is 0.887. The van der Waals surface area contributed by atoms with Crippen LogP contribution in [0.25, 0.3) is 0 Å². The van der Waals surface area contributed by atoms with Crippen molar-refractivity contribution in [3.05, 3.63) is 60.1 Å². The number of likely N-dealkylation sites (tertiary alicyclic amines) is 1. The highest BCUT2D eigenvalue weighted by Crippen LogP contribution is 2.38. The zero-order valence-corrected chi connectivity index (χ0v) is 14.3. The number of rotatable bonds is 6. The molecule has 124 valence electrons. The Morgan fingerprint density at radius 1 is 1.22 bits per heavy atom. The molecule has 2 heterocycles. The van der Waals surface area contributed by atoms with Crippen LogP contribution >= 0.6 is 0 Å². The molecule has 0 radical (unpaired) electrons. The molecule has 0 amide bonds. The van der Waals surface area contributed by atoms with Crippen LogP contribution in [0.1, 0.15) is 31.6 Å². The number of furan rings is 1. The van der Waals surface area contributed by atoms with E-state index < -0.39 is 0 Å². The number of hydrogen-bond acceptors (Lipinski definition) is 2. The van der Waals surface area contributed by atoms with E-state index in [4.69, 9.17) is 9.15 Å². The Kier molecular flexibility index (Phi) is 5.19. The average molecular weight is 314 g/mol. The molecule has 0 spiro atoms. The van der Waals surface area contributed by atoms with Crippen LogP contribution in [0.15, 0.2) is 53.1 Å². The molecule has 0 saturated carbocycles. The minimum atomic E-state index is -0.242. The number of hydrogen-bond donors (Lipinski definition) is 1. The first-order valence-electron chi connectivity index (χ1n) is 8.80. The summed E-state index contributed by atoms with van der Waals surface area (Å²) < 4.78 is 12.0. The molecule has 1 saturated heterocycles. The van der Waals surface area contributed by atoms with E-state index in [1.807, 2.05) is 6.07 Å². The van der Waals surface area contributed by atoms with Gasteiger partial charge in [-0.3, -0.25) is 0 Å². The van der Waals surface area contributed by atoms with Crippen LogP contribution in [0.4, 0.5) is 0 Å². The van der Waals surface area contributed by atoms with Crippen molar-refractivity contribution in [3.8, 4) is 0 Å². The van der Waals surface area contributed by atoms with Gasteiger partial charge in [0.2, 0.25) is 0 Å². The van der Waals surface area contributed by atoms with E-state index in [0.717, 1.165) is 38.3 Å². The van der Waals surface area contributed by atoms with Gasteiger partial charge in [0.25, 0.3) is 0 Å². The second-order valence-corrected chi connectivity index (χ2v) is 6.64. The molecular weight excluding hydrogens is 286 g/mol. The van der Waals surface area contributed by atoms with Crippen LogP contribution < -0.4 is 4.90 Å². The Balaban J connectivity index is 1.64. The summed E-state index contributed by atoms with van der Waals surface area (Å²) in [5, 5.41) is 0. The van der Waals surface area contributed by atoms with Gasteiger partial charge < -0.3 is 14.1 Å². The van der Waals surface area contributed by atoms with Crippen molar-refractivity contribution in [2.45, 2.75) is 32.3 Å². The lowest BCUT2D eigenvalue weighted by Gasteiger charge is -2.43. The first kappa shape index (κ1) is 16.3. The summed E-state index contributed by atoms with van der Waals surface area (Å²) in [6, 6.07) is 14.8. The van der Waals surface area contributed by atoms with E-state index in [1.165, 1.54) is 12.1 Å². The predicted octanol–water partition coefficient (Wildman–Crippen LogP) is 2.68. The van der Waals surface area contributed by atoms with Crippen LogP contribution in [0.2, 0.25) is 0 Å². The van der Waals surface area contributed by atoms with Gasteiger partial charge >= 0.3 is 0 Å². The first-order chi connectivity index (χ1) is 11.2. The molecule has 0 bridgehead atoms. The van der Waals surface area contributed by atoms with Crippen molar-refractivity contribution < 1.29 is 14.1 Å². The molecule has 1 aromatic heterocycles. The van der Waals surface area contributed by atoms with Crippen LogP contribution in [-0.2, 0) is 16.8 Å². The van der Waals surface area contributed by atoms with Crippen molar-refractivity contribution in [1.82, 2.24) is 0 Å². The normalized spacial score (nSPS) is 27.9. The largest absolute Gasteiger partial charge is 0.466 e. The van der Waals surface area contributed by atoms with Gasteiger partial charge in [-0.2, -0.15) is 0 Å². The smallest absolute Gasteiger partial charge is 0.139 e. The van der Waals surface area contributed by atoms with E-state index in [0.29, 0.717) is 5.92 Å². The molecule has 0 aliphatic carbocycles. The maximum absolute atomic E-state index is 6.23. The molecule has 1 aliphatic rings. The van der Waals surface area contributed by atoms with Gasteiger partial charge in [0.15, 0.2) is 0 Å². The van der Waals surface area contributed by atoms with Crippen molar-refractivity contribution >= 4 is 0 Å². The molecule has 1 fully saturated rings. The van der Waals surface area contributed by atoms with Crippen molar-refractivity contribution in [2.24, 2.45) is 5.92 Å². The SMILES string of the molecule is CCOC1(c2ccco2)CC[NH+](CCc2ccccc2)CC1C.